The lowest BCUT2D eigenvalue weighted by molar-refractivity contribution is -0.168. The first-order valence-corrected chi connectivity index (χ1v) is 11.7. The van der Waals surface area contributed by atoms with Gasteiger partial charge in [-0.3, -0.25) is 4.79 Å². The second-order valence-corrected chi connectivity index (χ2v) is 11.1. The Morgan fingerprint density at radius 1 is 1.07 bits per heavy atom. The molecule has 0 aromatic heterocycles. The summed E-state index contributed by atoms with van der Waals surface area (Å²) in [6.45, 7) is 7.16. The van der Waals surface area contributed by atoms with Crippen LogP contribution in [-0.2, 0) is 4.79 Å². The number of fused-ring (bicyclic) bond motifs is 5. The summed E-state index contributed by atoms with van der Waals surface area (Å²) >= 11 is 0. The minimum atomic E-state index is -0.686. The molecule has 0 spiro atoms. The lowest BCUT2D eigenvalue weighted by Gasteiger charge is -2.62. The molecule has 0 unspecified atom stereocenters. The van der Waals surface area contributed by atoms with Gasteiger partial charge in [0.05, 0.1) is 6.10 Å². The number of carbonyl (C=O) groups is 1. The molecule has 0 radical (unpaired) electrons. The smallest absolute Gasteiger partial charge is 0.303 e. The summed E-state index contributed by atoms with van der Waals surface area (Å²) in [5.41, 5.74) is 0.452. The molecule has 4 rings (SSSR count). The predicted octanol–water partition coefficient (Wildman–Crippen LogP) is 5.51. The van der Waals surface area contributed by atoms with Gasteiger partial charge in [0.25, 0.3) is 0 Å². The van der Waals surface area contributed by atoms with Crippen LogP contribution < -0.4 is 0 Å². The Hall–Kier alpha value is -0.570. The monoisotopic (exact) mass is 376 g/mol. The Balaban J connectivity index is 1.57. The van der Waals surface area contributed by atoms with E-state index in [2.05, 4.69) is 20.8 Å². The Bertz CT molecular complexity index is 574. The van der Waals surface area contributed by atoms with Crippen LogP contribution >= 0.6 is 0 Å². The molecular formula is C24H40O3. The van der Waals surface area contributed by atoms with Crippen LogP contribution in [0, 0.1) is 46.3 Å². The van der Waals surface area contributed by atoms with Gasteiger partial charge in [-0.25, -0.2) is 0 Å². The summed E-state index contributed by atoms with van der Waals surface area (Å²) in [6, 6.07) is 0. The molecule has 0 heterocycles. The molecule has 4 saturated carbocycles. The highest BCUT2D eigenvalue weighted by atomic mass is 16.4. The van der Waals surface area contributed by atoms with Gasteiger partial charge in [0.2, 0.25) is 0 Å². The standard InChI is InChI=1S/C24H40O3/c1-15(7-12-22(26)27)18-10-11-19-17-9-8-16-6-4-5-13-23(16,2)20(17)14-21(25)24(18,19)3/h15-21,25H,4-14H2,1-3H3,(H,26,27)/t15-,16-,17+,18+,19+,20-,21-,23-,24+/m0/s1. The van der Waals surface area contributed by atoms with Crippen molar-refractivity contribution >= 4 is 5.97 Å². The van der Waals surface area contributed by atoms with Gasteiger partial charge in [0.1, 0.15) is 0 Å². The van der Waals surface area contributed by atoms with Gasteiger partial charge in [-0.2, -0.15) is 0 Å². The minimum Gasteiger partial charge on any atom is -0.481 e. The molecule has 3 heteroatoms. The van der Waals surface area contributed by atoms with E-state index in [1.54, 1.807) is 0 Å². The lowest BCUT2D eigenvalue weighted by Crippen LogP contribution is -2.58. The molecule has 27 heavy (non-hydrogen) atoms. The molecule has 0 amide bonds. The van der Waals surface area contributed by atoms with E-state index in [1.807, 2.05) is 0 Å². The highest BCUT2D eigenvalue weighted by molar-refractivity contribution is 5.66. The fourth-order valence-corrected chi connectivity index (χ4v) is 8.77. The third-order valence-corrected chi connectivity index (χ3v) is 10.3. The average molecular weight is 377 g/mol. The van der Waals surface area contributed by atoms with Crippen molar-refractivity contribution in [2.75, 3.05) is 0 Å². The van der Waals surface area contributed by atoms with E-state index in [-0.39, 0.29) is 17.9 Å². The van der Waals surface area contributed by atoms with Crippen LogP contribution in [0.1, 0.15) is 91.4 Å². The number of aliphatic hydroxyl groups excluding tert-OH is 1. The zero-order chi connectivity index (χ0) is 19.4. The van der Waals surface area contributed by atoms with Crippen molar-refractivity contribution in [3.8, 4) is 0 Å². The molecule has 154 valence electrons. The van der Waals surface area contributed by atoms with E-state index in [4.69, 9.17) is 5.11 Å². The third kappa shape index (κ3) is 2.98. The molecule has 4 fully saturated rings. The van der Waals surface area contributed by atoms with E-state index in [0.717, 1.165) is 24.7 Å². The van der Waals surface area contributed by atoms with Crippen molar-refractivity contribution in [1.29, 1.82) is 0 Å². The summed E-state index contributed by atoms with van der Waals surface area (Å²) in [5, 5.41) is 20.6. The molecule has 0 aromatic carbocycles. The Kier molecular flexibility index (Phi) is 5.15. The summed E-state index contributed by atoms with van der Waals surface area (Å²) in [4.78, 5) is 11.1. The minimum absolute atomic E-state index is 0.00303. The molecule has 4 aliphatic rings. The molecule has 9 atom stereocenters. The van der Waals surface area contributed by atoms with E-state index in [1.165, 1.54) is 51.4 Å². The fraction of sp³-hybridized carbons (Fsp3) is 0.958. The molecular weight excluding hydrogens is 336 g/mol. The van der Waals surface area contributed by atoms with Gasteiger partial charge in [0, 0.05) is 6.42 Å². The maximum atomic E-state index is 11.5. The maximum absolute atomic E-state index is 11.5. The molecule has 0 saturated heterocycles. The summed E-state index contributed by atoms with van der Waals surface area (Å²) in [5.74, 6) is 3.21. The van der Waals surface area contributed by atoms with Gasteiger partial charge in [-0.05, 0) is 97.7 Å². The van der Waals surface area contributed by atoms with Crippen molar-refractivity contribution in [2.24, 2.45) is 46.3 Å². The van der Waals surface area contributed by atoms with E-state index in [9.17, 15) is 9.90 Å². The lowest BCUT2D eigenvalue weighted by atomic mass is 9.44. The van der Waals surface area contributed by atoms with Gasteiger partial charge >= 0.3 is 5.97 Å². The summed E-state index contributed by atoms with van der Waals surface area (Å²) < 4.78 is 0. The first-order chi connectivity index (χ1) is 12.8. The third-order valence-electron chi connectivity index (χ3n) is 10.3. The van der Waals surface area contributed by atoms with Gasteiger partial charge < -0.3 is 10.2 Å². The zero-order valence-electron chi connectivity index (χ0n) is 17.6. The summed E-state index contributed by atoms with van der Waals surface area (Å²) in [6.07, 6.45) is 12.6. The number of hydrogen-bond acceptors (Lipinski definition) is 2. The Morgan fingerprint density at radius 3 is 2.59 bits per heavy atom. The number of rotatable bonds is 4. The van der Waals surface area contributed by atoms with Crippen LogP contribution in [0.2, 0.25) is 0 Å². The number of carboxylic acids is 1. The van der Waals surface area contributed by atoms with Crippen molar-refractivity contribution in [3.63, 3.8) is 0 Å². The quantitative estimate of drug-likeness (QED) is 0.680. The molecule has 2 N–H and O–H groups in total. The fourth-order valence-electron chi connectivity index (χ4n) is 8.77. The average Bonchev–Trinajstić information content (AvgIpc) is 2.99. The van der Waals surface area contributed by atoms with Crippen molar-refractivity contribution in [3.05, 3.63) is 0 Å². The zero-order valence-corrected chi connectivity index (χ0v) is 17.6. The molecule has 4 aliphatic carbocycles. The first-order valence-electron chi connectivity index (χ1n) is 11.7. The number of carboxylic acid groups (broad SMARTS) is 1. The number of aliphatic carboxylic acids is 1. The molecule has 0 aromatic rings. The van der Waals surface area contributed by atoms with Crippen molar-refractivity contribution in [1.82, 2.24) is 0 Å². The second-order valence-electron chi connectivity index (χ2n) is 11.1. The van der Waals surface area contributed by atoms with Gasteiger partial charge in [-0.1, -0.05) is 33.6 Å². The van der Waals surface area contributed by atoms with Crippen LogP contribution in [0.3, 0.4) is 0 Å². The predicted molar refractivity (Wildman–Crippen MR) is 107 cm³/mol. The summed E-state index contributed by atoms with van der Waals surface area (Å²) in [7, 11) is 0. The molecule has 3 nitrogen and oxygen atoms in total. The Labute approximate surface area is 165 Å². The SMILES string of the molecule is C[C@@H](CCC(=O)O)[C@H]1CC[C@@H]2[C@H]3CC[C@@H]4CCCC[C@]4(C)[C@H]3C[C@H](O)[C@@]21C. The highest BCUT2D eigenvalue weighted by Gasteiger charge is 2.63. The van der Waals surface area contributed by atoms with E-state index in [0.29, 0.717) is 29.1 Å². The van der Waals surface area contributed by atoms with Crippen LogP contribution in [0.5, 0.6) is 0 Å². The normalized spacial score (nSPS) is 50.4. The van der Waals surface area contributed by atoms with Crippen LogP contribution in [0.15, 0.2) is 0 Å². The highest BCUT2D eigenvalue weighted by Crippen LogP contribution is 2.68. The number of aliphatic hydroxyl groups is 1. The van der Waals surface area contributed by atoms with Crippen LogP contribution in [0.25, 0.3) is 0 Å². The Morgan fingerprint density at radius 2 is 1.85 bits per heavy atom. The van der Waals surface area contributed by atoms with Crippen LogP contribution in [0.4, 0.5) is 0 Å². The second kappa shape index (κ2) is 7.04. The van der Waals surface area contributed by atoms with Gasteiger partial charge in [0.15, 0.2) is 0 Å². The van der Waals surface area contributed by atoms with Gasteiger partial charge in [-0.15, -0.1) is 0 Å². The van der Waals surface area contributed by atoms with Crippen molar-refractivity contribution < 1.29 is 15.0 Å². The molecule has 0 bridgehead atoms. The van der Waals surface area contributed by atoms with Crippen molar-refractivity contribution in [2.45, 2.75) is 97.5 Å². The molecule has 0 aliphatic heterocycles. The van der Waals surface area contributed by atoms with E-state index >= 15 is 0 Å². The largest absolute Gasteiger partial charge is 0.481 e. The maximum Gasteiger partial charge on any atom is 0.303 e. The first kappa shape index (κ1) is 19.7. The van der Waals surface area contributed by atoms with E-state index < -0.39 is 5.97 Å². The van der Waals surface area contributed by atoms with Crippen LogP contribution in [-0.4, -0.2) is 22.3 Å². The number of hydrogen-bond donors (Lipinski definition) is 2. The topological polar surface area (TPSA) is 57.5 Å².